The van der Waals surface area contributed by atoms with Crippen LogP contribution in [0.2, 0.25) is 0 Å². The molecular weight excluding hydrogens is 228 g/mol. The highest BCUT2D eigenvalue weighted by Gasteiger charge is 2.36. The topological polar surface area (TPSA) is 38.7 Å². The molecule has 0 radical (unpaired) electrons. The third-order valence-corrected chi connectivity index (χ3v) is 4.07. The Balaban J connectivity index is 1.96. The van der Waals surface area contributed by atoms with Crippen LogP contribution in [0.1, 0.15) is 46.5 Å². The molecule has 2 aliphatic rings. The number of allylic oxidation sites excluding steroid dienone is 1. The van der Waals surface area contributed by atoms with Crippen molar-refractivity contribution in [3.05, 3.63) is 11.6 Å². The lowest BCUT2D eigenvalue weighted by Gasteiger charge is -2.41. The van der Waals surface area contributed by atoms with Gasteiger partial charge in [-0.1, -0.05) is 18.6 Å². The zero-order chi connectivity index (χ0) is 13.2. The third-order valence-electron chi connectivity index (χ3n) is 4.07. The van der Waals surface area contributed by atoms with Crippen LogP contribution in [0.4, 0.5) is 0 Å². The number of aliphatic hydroxyl groups is 1. The SMILES string of the molecule is C[C@H]1CC=C(C[C@H]2OC(C)(C)OC[C@@H]2CO)CC1. The van der Waals surface area contributed by atoms with Gasteiger partial charge < -0.3 is 14.6 Å². The first-order chi connectivity index (χ1) is 8.50. The molecule has 1 fully saturated rings. The predicted molar refractivity (Wildman–Crippen MR) is 71.2 cm³/mol. The minimum atomic E-state index is -0.515. The highest BCUT2D eigenvalue weighted by atomic mass is 16.7. The van der Waals surface area contributed by atoms with Crippen molar-refractivity contribution in [3.8, 4) is 0 Å². The normalized spacial score (nSPS) is 36.2. The second-order valence-corrected chi connectivity index (χ2v) is 6.26. The van der Waals surface area contributed by atoms with E-state index in [1.54, 1.807) is 0 Å². The van der Waals surface area contributed by atoms with E-state index in [4.69, 9.17) is 9.47 Å². The van der Waals surface area contributed by atoms with Gasteiger partial charge in [-0.3, -0.25) is 0 Å². The molecule has 1 saturated heterocycles. The molecule has 0 spiro atoms. The van der Waals surface area contributed by atoms with Gasteiger partial charge >= 0.3 is 0 Å². The van der Waals surface area contributed by atoms with Crippen molar-refractivity contribution < 1.29 is 14.6 Å². The van der Waals surface area contributed by atoms with Crippen LogP contribution in [0.15, 0.2) is 11.6 Å². The van der Waals surface area contributed by atoms with Gasteiger partial charge in [0.1, 0.15) is 0 Å². The van der Waals surface area contributed by atoms with E-state index in [-0.39, 0.29) is 18.6 Å². The van der Waals surface area contributed by atoms with Gasteiger partial charge in [0.15, 0.2) is 5.79 Å². The summed E-state index contributed by atoms with van der Waals surface area (Å²) in [6.07, 6.45) is 7.06. The van der Waals surface area contributed by atoms with Crippen LogP contribution in [0, 0.1) is 11.8 Å². The molecule has 1 aliphatic carbocycles. The van der Waals surface area contributed by atoms with Crippen LogP contribution < -0.4 is 0 Å². The van der Waals surface area contributed by atoms with Crippen LogP contribution in [0.25, 0.3) is 0 Å². The van der Waals surface area contributed by atoms with Crippen LogP contribution in [-0.4, -0.2) is 30.2 Å². The molecule has 0 aromatic carbocycles. The first-order valence-corrected chi connectivity index (χ1v) is 7.10. The summed E-state index contributed by atoms with van der Waals surface area (Å²) in [4.78, 5) is 0. The third kappa shape index (κ3) is 3.56. The Labute approximate surface area is 110 Å². The van der Waals surface area contributed by atoms with Crippen molar-refractivity contribution in [2.75, 3.05) is 13.2 Å². The van der Waals surface area contributed by atoms with Gasteiger partial charge in [-0.05, 0) is 45.4 Å². The van der Waals surface area contributed by atoms with Gasteiger partial charge in [0.25, 0.3) is 0 Å². The second kappa shape index (κ2) is 5.72. The van der Waals surface area contributed by atoms with E-state index >= 15 is 0 Å². The van der Waals surface area contributed by atoms with Crippen LogP contribution in [0.3, 0.4) is 0 Å². The fraction of sp³-hybridized carbons (Fsp3) is 0.867. The second-order valence-electron chi connectivity index (χ2n) is 6.26. The molecule has 1 heterocycles. The molecule has 3 atom stereocenters. The van der Waals surface area contributed by atoms with Crippen molar-refractivity contribution in [2.24, 2.45) is 11.8 Å². The van der Waals surface area contributed by atoms with Gasteiger partial charge in [-0.2, -0.15) is 0 Å². The lowest BCUT2D eigenvalue weighted by atomic mass is 9.86. The van der Waals surface area contributed by atoms with Crippen LogP contribution in [0.5, 0.6) is 0 Å². The zero-order valence-corrected chi connectivity index (χ0v) is 11.8. The molecule has 0 aromatic rings. The number of aliphatic hydroxyl groups excluding tert-OH is 1. The summed E-state index contributed by atoms with van der Waals surface area (Å²) < 4.78 is 11.6. The maximum absolute atomic E-state index is 9.42. The summed E-state index contributed by atoms with van der Waals surface area (Å²) >= 11 is 0. The van der Waals surface area contributed by atoms with Gasteiger partial charge in [-0.25, -0.2) is 0 Å². The minimum absolute atomic E-state index is 0.0957. The van der Waals surface area contributed by atoms with Gasteiger partial charge in [0.05, 0.1) is 19.3 Å². The van der Waals surface area contributed by atoms with E-state index in [1.807, 2.05) is 13.8 Å². The Morgan fingerprint density at radius 3 is 2.83 bits per heavy atom. The fourth-order valence-corrected chi connectivity index (χ4v) is 2.75. The summed E-state index contributed by atoms with van der Waals surface area (Å²) in [5.41, 5.74) is 1.49. The summed E-state index contributed by atoms with van der Waals surface area (Å²) in [5.74, 6) is 0.409. The van der Waals surface area contributed by atoms with Crippen LogP contribution >= 0.6 is 0 Å². The van der Waals surface area contributed by atoms with E-state index in [1.165, 1.54) is 24.8 Å². The molecule has 2 rings (SSSR count). The quantitative estimate of drug-likeness (QED) is 0.787. The Hall–Kier alpha value is -0.380. The summed E-state index contributed by atoms with van der Waals surface area (Å²) in [6, 6.07) is 0. The van der Waals surface area contributed by atoms with Crippen molar-refractivity contribution in [1.82, 2.24) is 0 Å². The molecule has 0 aromatic heterocycles. The van der Waals surface area contributed by atoms with Crippen molar-refractivity contribution in [3.63, 3.8) is 0 Å². The highest BCUT2D eigenvalue weighted by Crippen LogP contribution is 2.33. The Morgan fingerprint density at radius 1 is 1.44 bits per heavy atom. The van der Waals surface area contributed by atoms with Gasteiger partial charge in [-0.15, -0.1) is 0 Å². The number of rotatable bonds is 3. The average Bonchev–Trinajstić information content (AvgIpc) is 2.31. The first-order valence-electron chi connectivity index (χ1n) is 7.10. The van der Waals surface area contributed by atoms with Gasteiger partial charge in [0.2, 0.25) is 0 Å². The lowest BCUT2D eigenvalue weighted by molar-refractivity contribution is -0.295. The summed E-state index contributed by atoms with van der Waals surface area (Å²) in [5, 5.41) is 9.42. The molecule has 0 unspecified atom stereocenters. The van der Waals surface area contributed by atoms with E-state index in [9.17, 15) is 5.11 Å². The lowest BCUT2D eigenvalue weighted by Crippen LogP contribution is -2.47. The molecule has 0 amide bonds. The number of hydrogen-bond acceptors (Lipinski definition) is 3. The molecule has 1 N–H and O–H groups in total. The Kier molecular flexibility index (Phi) is 4.46. The molecular formula is C15H26O3. The molecule has 0 bridgehead atoms. The minimum Gasteiger partial charge on any atom is -0.396 e. The monoisotopic (exact) mass is 254 g/mol. The fourth-order valence-electron chi connectivity index (χ4n) is 2.75. The van der Waals surface area contributed by atoms with E-state index < -0.39 is 5.79 Å². The molecule has 3 heteroatoms. The van der Waals surface area contributed by atoms with E-state index in [0.717, 1.165) is 12.3 Å². The molecule has 1 aliphatic heterocycles. The Bertz CT molecular complexity index is 309. The summed E-state index contributed by atoms with van der Waals surface area (Å²) in [7, 11) is 0. The summed E-state index contributed by atoms with van der Waals surface area (Å²) in [6.45, 7) is 6.94. The molecule has 3 nitrogen and oxygen atoms in total. The smallest absolute Gasteiger partial charge is 0.163 e. The number of ether oxygens (including phenoxy) is 2. The van der Waals surface area contributed by atoms with E-state index in [0.29, 0.717) is 6.61 Å². The van der Waals surface area contributed by atoms with E-state index in [2.05, 4.69) is 13.0 Å². The maximum Gasteiger partial charge on any atom is 0.163 e. The molecule has 0 saturated carbocycles. The van der Waals surface area contributed by atoms with Crippen molar-refractivity contribution in [2.45, 2.75) is 58.3 Å². The average molecular weight is 254 g/mol. The van der Waals surface area contributed by atoms with Crippen LogP contribution in [-0.2, 0) is 9.47 Å². The highest BCUT2D eigenvalue weighted by molar-refractivity contribution is 5.08. The molecule has 18 heavy (non-hydrogen) atoms. The van der Waals surface area contributed by atoms with Crippen molar-refractivity contribution in [1.29, 1.82) is 0 Å². The largest absolute Gasteiger partial charge is 0.396 e. The standard InChI is InChI=1S/C15H26O3/c1-11-4-6-12(7-5-11)8-14-13(9-16)10-17-15(2,3)18-14/h6,11,13-14,16H,4-5,7-10H2,1-3H3/t11-,13-,14+/m0/s1. The maximum atomic E-state index is 9.42. The number of hydrogen-bond donors (Lipinski definition) is 1. The first kappa shape index (κ1) is 14.0. The Morgan fingerprint density at radius 2 is 2.22 bits per heavy atom. The van der Waals surface area contributed by atoms with Crippen molar-refractivity contribution >= 4 is 0 Å². The van der Waals surface area contributed by atoms with Gasteiger partial charge in [0, 0.05) is 5.92 Å². The molecule has 104 valence electrons. The zero-order valence-electron chi connectivity index (χ0n) is 11.8. The predicted octanol–water partition coefficient (Wildman–Crippen LogP) is 2.88.